The van der Waals surface area contributed by atoms with Crippen LogP contribution in [0, 0.1) is 10.1 Å². The molecule has 1 heterocycles. The number of benzene rings is 2. The first kappa shape index (κ1) is 16.3. The molecule has 4 nitrogen and oxygen atoms in total. The van der Waals surface area contributed by atoms with Gasteiger partial charge >= 0.3 is 0 Å². The van der Waals surface area contributed by atoms with E-state index in [0.29, 0.717) is 0 Å². The molecule has 0 radical (unpaired) electrons. The minimum Gasteiger partial charge on any atom is -0.258 e. The van der Waals surface area contributed by atoms with E-state index in [1.54, 1.807) is 12.1 Å². The van der Waals surface area contributed by atoms with Gasteiger partial charge in [-0.25, -0.2) is 4.98 Å². The lowest BCUT2D eigenvalue weighted by Gasteiger charge is -2.18. The summed E-state index contributed by atoms with van der Waals surface area (Å²) in [4.78, 5) is 14.9. The van der Waals surface area contributed by atoms with Gasteiger partial charge in [-0.15, -0.1) is 11.3 Å². The highest BCUT2D eigenvalue weighted by Crippen LogP contribution is 2.27. The van der Waals surface area contributed by atoms with E-state index in [4.69, 9.17) is 0 Å². The fourth-order valence-electron chi connectivity index (χ4n) is 2.38. The number of nitrogens with zero attached hydrogens (tertiary/aromatic N) is 2. The minimum atomic E-state index is -0.383. The van der Waals surface area contributed by atoms with Gasteiger partial charge < -0.3 is 0 Å². The number of rotatable bonds is 3. The standard InChI is InChI=1S/C19H18N2O2S/c1-19(2,3)14-7-4-13(5-8-14)6-11-18-20-16-10-9-15(21(22)23)12-17(16)24-18/h4-12H,1-3H3. The van der Waals surface area contributed by atoms with Crippen LogP contribution in [0.5, 0.6) is 0 Å². The van der Waals surface area contributed by atoms with Crippen LogP contribution in [0.3, 0.4) is 0 Å². The van der Waals surface area contributed by atoms with Gasteiger partial charge in [-0.05, 0) is 28.7 Å². The number of non-ortho nitro benzene ring substituents is 1. The molecule has 0 saturated heterocycles. The van der Waals surface area contributed by atoms with Gasteiger partial charge in [0, 0.05) is 12.1 Å². The number of fused-ring (bicyclic) bond motifs is 1. The van der Waals surface area contributed by atoms with Crippen LogP contribution in [0.2, 0.25) is 0 Å². The summed E-state index contributed by atoms with van der Waals surface area (Å²) in [7, 11) is 0. The lowest BCUT2D eigenvalue weighted by Crippen LogP contribution is -2.10. The van der Waals surface area contributed by atoms with Crippen LogP contribution in [0.1, 0.15) is 36.9 Å². The van der Waals surface area contributed by atoms with Crippen LogP contribution < -0.4 is 0 Å². The van der Waals surface area contributed by atoms with E-state index in [2.05, 4.69) is 50.0 Å². The van der Waals surface area contributed by atoms with Gasteiger partial charge in [-0.1, -0.05) is 51.1 Å². The second-order valence-electron chi connectivity index (χ2n) is 6.67. The van der Waals surface area contributed by atoms with Crippen molar-refractivity contribution in [2.75, 3.05) is 0 Å². The second kappa shape index (κ2) is 6.17. The quantitative estimate of drug-likeness (QED) is 0.456. The molecule has 0 aliphatic heterocycles. The van der Waals surface area contributed by atoms with Gasteiger partial charge in [-0.3, -0.25) is 10.1 Å². The third-order valence-corrected chi connectivity index (χ3v) is 4.78. The lowest BCUT2D eigenvalue weighted by atomic mass is 9.87. The number of aromatic nitrogens is 1. The summed E-state index contributed by atoms with van der Waals surface area (Å²) in [6.07, 6.45) is 3.96. The Hall–Kier alpha value is -2.53. The maximum atomic E-state index is 10.8. The topological polar surface area (TPSA) is 56.0 Å². The Labute approximate surface area is 144 Å². The second-order valence-corrected chi connectivity index (χ2v) is 7.73. The predicted molar refractivity (Wildman–Crippen MR) is 100 cm³/mol. The van der Waals surface area contributed by atoms with Crippen molar-refractivity contribution in [1.29, 1.82) is 0 Å². The average Bonchev–Trinajstić information content (AvgIpc) is 2.94. The molecule has 0 aliphatic carbocycles. The molecule has 0 saturated carbocycles. The molecule has 1 aromatic heterocycles. The highest BCUT2D eigenvalue weighted by Gasteiger charge is 2.12. The number of hydrogen-bond acceptors (Lipinski definition) is 4. The summed E-state index contributed by atoms with van der Waals surface area (Å²) < 4.78 is 0.826. The van der Waals surface area contributed by atoms with Crippen LogP contribution in [0.15, 0.2) is 42.5 Å². The molecule has 0 amide bonds. The molecule has 0 atom stereocenters. The van der Waals surface area contributed by atoms with E-state index in [9.17, 15) is 10.1 Å². The van der Waals surface area contributed by atoms with E-state index in [0.717, 1.165) is 20.8 Å². The monoisotopic (exact) mass is 338 g/mol. The largest absolute Gasteiger partial charge is 0.270 e. The van der Waals surface area contributed by atoms with Crippen LogP contribution in [-0.2, 0) is 5.41 Å². The number of hydrogen-bond donors (Lipinski definition) is 0. The highest BCUT2D eigenvalue weighted by atomic mass is 32.1. The Bertz CT molecular complexity index is 919. The Kier molecular flexibility index (Phi) is 4.20. The first-order valence-corrected chi connectivity index (χ1v) is 8.48. The molecule has 2 aromatic carbocycles. The summed E-state index contributed by atoms with van der Waals surface area (Å²) in [6.45, 7) is 6.58. The van der Waals surface area contributed by atoms with E-state index >= 15 is 0 Å². The van der Waals surface area contributed by atoms with Crippen molar-refractivity contribution in [2.45, 2.75) is 26.2 Å². The van der Waals surface area contributed by atoms with Crippen LogP contribution >= 0.6 is 11.3 Å². The molecule has 0 N–H and O–H groups in total. The van der Waals surface area contributed by atoms with Gasteiger partial charge in [0.25, 0.3) is 5.69 Å². The molecule has 122 valence electrons. The van der Waals surface area contributed by atoms with E-state index in [1.807, 2.05) is 12.2 Å². The molecule has 0 bridgehead atoms. The Morgan fingerprint density at radius 2 is 1.79 bits per heavy atom. The summed E-state index contributed by atoms with van der Waals surface area (Å²) >= 11 is 1.45. The lowest BCUT2D eigenvalue weighted by molar-refractivity contribution is -0.384. The third-order valence-electron chi connectivity index (χ3n) is 3.79. The van der Waals surface area contributed by atoms with E-state index in [1.165, 1.54) is 23.0 Å². The number of nitro groups is 1. The fraction of sp³-hybridized carbons (Fsp3) is 0.211. The first-order valence-electron chi connectivity index (χ1n) is 7.66. The minimum absolute atomic E-state index is 0.0967. The molecule has 24 heavy (non-hydrogen) atoms. The molecule has 3 aromatic rings. The smallest absolute Gasteiger partial charge is 0.258 e. The summed E-state index contributed by atoms with van der Waals surface area (Å²) in [5, 5.41) is 11.7. The molecule has 3 rings (SSSR count). The van der Waals surface area contributed by atoms with Crippen molar-refractivity contribution in [3.63, 3.8) is 0 Å². The van der Waals surface area contributed by atoms with Crippen molar-refractivity contribution >= 4 is 39.4 Å². The zero-order valence-corrected chi connectivity index (χ0v) is 14.6. The van der Waals surface area contributed by atoms with E-state index < -0.39 is 0 Å². The number of thiazole rings is 1. The Balaban J connectivity index is 1.83. The fourth-order valence-corrected chi connectivity index (χ4v) is 3.28. The van der Waals surface area contributed by atoms with Gasteiger partial charge in [0.2, 0.25) is 0 Å². The number of nitro benzene ring substituents is 1. The van der Waals surface area contributed by atoms with Crippen LogP contribution in [0.25, 0.3) is 22.4 Å². The van der Waals surface area contributed by atoms with Crippen molar-refractivity contribution < 1.29 is 4.92 Å². The summed E-state index contributed by atoms with van der Waals surface area (Å²) in [6, 6.07) is 13.2. The maximum absolute atomic E-state index is 10.8. The van der Waals surface area contributed by atoms with Crippen molar-refractivity contribution in [3.8, 4) is 0 Å². The SMILES string of the molecule is CC(C)(C)c1ccc(C=Cc2nc3ccc([N+](=O)[O-])cc3s2)cc1. The average molecular weight is 338 g/mol. The maximum Gasteiger partial charge on any atom is 0.270 e. The molecule has 0 spiro atoms. The van der Waals surface area contributed by atoms with Gasteiger partial charge in [-0.2, -0.15) is 0 Å². The zero-order valence-electron chi connectivity index (χ0n) is 13.8. The van der Waals surface area contributed by atoms with Crippen molar-refractivity contribution in [3.05, 3.63) is 68.7 Å². The zero-order chi connectivity index (χ0) is 17.3. The molecule has 0 fully saturated rings. The Morgan fingerprint density at radius 3 is 2.42 bits per heavy atom. The summed E-state index contributed by atoms with van der Waals surface area (Å²) in [5.41, 5.74) is 3.43. The molecule has 0 aliphatic rings. The molecular formula is C19H18N2O2S. The summed E-state index contributed by atoms with van der Waals surface area (Å²) in [5.74, 6) is 0. The predicted octanol–water partition coefficient (Wildman–Crippen LogP) is 5.67. The van der Waals surface area contributed by atoms with Gasteiger partial charge in [0.05, 0.1) is 15.1 Å². The van der Waals surface area contributed by atoms with E-state index in [-0.39, 0.29) is 16.0 Å². The molecule has 5 heteroatoms. The van der Waals surface area contributed by atoms with Crippen LogP contribution in [-0.4, -0.2) is 9.91 Å². The first-order chi connectivity index (χ1) is 11.3. The molecular weight excluding hydrogens is 320 g/mol. The van der Waals surface area contributed by atoms with Gasteiger partial charge in [0.1, 0.15) is 5.01 Å². The molecule has 0 unspecified atom stereocenters. The van der Waals surface area contributed by atoms with Crippen LogP contribution in [0.4, 0.5) is 5.69 Å². The third kappa shape index (κ3) is 3.51. The van der Waals surface area contributed by atoms with Gasteiger partial charge in [0.15, 0.2) is 0 Å². The Morgan fingerprint density at radius 1 is 1.08 bits per heavy atom. The normalized spacial score (nSPS) is 12.1. The van der Waals surface area contributed by atoms with Crippen molar-refractivity contribution in [1.82, 2.24) is 4.98 Å². The highest BCUT2D eigenvalue weighted by molar-refractivity contribution is 7.19. The van der Waals surface area contributed by atoms with Crippen molar-refractivity contribution in [2.24, 2.45) is 0 Å².